The van der Waals surface area contributed by atoms with Gasteiger partial charge < -0.3 is 16.0 Å². The molecule has 6 heteroatoms. The van der Waals surface area contributed by atoms with Crippen LogP contribution in [-0.4, -0.2) is 16.5 Å². The number of nitrogens with one attached hydrogen (secondary N) is 1. The van der Waals surface area contributed by atoms with Crippen molar-refractivity contribution in [1.82, 2.24) is 9.97 Å². The molecule has 0 saturated carbocycles. The lowest BCUT2D eigenvalue weighted by molar-refractivity contribution is 0.632. The summed E-state index contributed by atoms with van der Waals surface area (Å²) in [5.41, 5.74) is 9.11. The predicted octanol–water partition coefficient (Wildman–Crippen LogP) is 4.41. The van der Waals surface area contributed by atoms with Crippen LogP contribution in [0.5, 0.6) is 0 Å². The minimum atomic E-state index is -0.368. The third-order valence-corrected chi connectivity index (χ3v) is 3.88. The summed E-state index contributed by atoms with van der Waals surface area (Å²) >= 11 is 0. The van der Waals surface area contributed by atoms with Gasteiger partial charge in [-0.25, -0.2) is 14.4 Å². The molecule has 1 aromatic heterocycles. The summed E-state index contributed by atoms with van der Waals surface area (Å²) in [4.78, 5) is 10.5. The fourth-order valence-corrected chi connectivity index (χ4v) is 2.64. The SMILES string of the molecule is CCN(c1cccc(C)c1)c1ncnc(Nc2ccccc2F)c1N. The summed E-state index contributed by atoms with van der Waals surface area (Å²) in [6.45, 7) is 4.74. The van der Waals surface area contributed by atoms with Crippen LogP contribution >= 0.6 is 0 Å². The first-order valence-corrected chi connectivity index (χ1v) is 8.06. The third-order valence-electron chi connectivity index (χ3n) is 3.88. The largest absolute Gasteiger partial charge is 0.393 e. The average Bonchev–Trinajstić information content (AvgIpc) is 2.61. The normalized spacial score (nSPS) is 10.5. The number of hydrogen-bond donors (Lipinski definition) is 2. The number of aryl methyl sites for hydroxylation is 1. The molecule has 25 heavy (non-hydrogen) atoms. The number of nitrogen functional groups attached to an aromatic ring is 1. The maximum Gasteiger partial charge on any atom is 0.161 e. The number of anilines is 5. The van der Waals surface area contributed by atoms with Crippen LogP contribution < -0.4 is 16.0 Å². The Kier molecular flexibility index (Phi) is 4.79. The minimum Gasteiger partial charge on any atom is -0.393 e. The molecule has 0 aliphatic heterocycles. The fraction of sp³-hybridized carbons (Fsp3) is 0.158. The second-order valence-corrected chi connectivity index (χ2v) is 5.65. The van der Waals surface area contributed by atoms with Crippen molar-refractivity contribution in [3.63, 3.8) is 0 Å². The maximum absolute atomic E-state index is 13.9. The van der Waals surface area contributed by atoms with Crippen molar-refractivity contribution in [3.05, 3.63) is 66.2 Å². The van der Waals surface area contributed by atoms with Gasteiger partial charge in [-0.15, -0.1) is 0 Å². The molecule has 0 amide bonds. The lowest BCUT2D eigenvalue weighted by Gasteiger charge is -2.24. The Morgan fingerprint density at radius 3 is 2.64 bits per heavy atom. The van der Waals surface area contributed by atoms with Gasteiger partial charge in [0.1, 0.15) is 17.8 Å². The Balaban J connectivity index is 1.99. The van der Waals surface area contributed by atoms with E-state index in [0.29, 0.717) is 29.6 Å². The monoisotopic (exact) mass is 337 g/mol. The molecule has 0 atom stereocenters. The van der Waals surface area contributed by atoms with Gasteiger partial charge in [0.15, 0.2) is 11.6 Å². The molecule has 2 aromatic carbocycles. The van der Waals surface area contributed by atoms with Crippen LogP contribution in [-0.2, 0) is 0 Å². The Morgan fingerprint density at radius 1 is 1.12 bits per heavy atom. The molecule has 0 bridgehead atoms. The average molecular weight is 337 g/mol. The van der Waals surface area contributed by atoms with E-state index in [4.69, 9.17) is 5.73 Å². The Hall–Kier alpha value is -3.15. The van der Waals surface area contributed by atoms with E-state index in [9.17, 15) is 4.39 Å². The predicted molar refractivity (Wildman–Crippen MR) is 100.0 cm³/mol. The first kappa shape index (κ1) is 16.7. The number of nitrogens with zero attached hydrogens (tertiary/aromatic N) is 3. The molecule has 0 aliphatic carbocycles. The molecule has 128 valence electrons. The van der Waals surface area contributed by atoms with Gasteiger partial charge in [-0.2, -0.15) is 0 Å². The van der Waals surface area contributed by atoms with Crippen LogP contribution in [0.2, 0.25) is 0 Å². The van der Waals surface area contributed by atoms with Crippen molar-refractivity contribution in [2.24, 2.45) is 0 Å². The highest BCUT2D eigenvalue weighted by Crippen LogP contribution is 2.33. The van der Waals surface area contributed by atoms with E-state index in [2.05, 4.69) is 21.4 Å². The van der Waals surface area contributed by atoms with Gasteiger partial charge in [-0.1, -0.05) is 24.3 Å². The highest BCUT2D eigenvalue weighted by Gasteiger charge is 2.16. The smallest absolute Gasteiger partial charge is 0.161 e. The van der Waals surface area contributed by atoms with Crippen molar-refractivity contribution >= 4 is 28.7 Å². The standard InChI is InChI=1S/C19H20FN5/c1-3-25(14-8-6-7-13(2)11-14)19-17(21)18(22-12-23-19)24-16-10-5-4-9-15(16)20/h4-12H,3,21H2,1-2H3,(H,22,23,24). The molecule has 0 radical (unpaired) electrons. The number of halogens is 1. The number of benzene rings is 2. The highest BCUT2D eigenvalue weighted by molar-refractivity contribution is 5.81. The van der Waals surface area contributed by atoms with E-state index in [-0.39, 0.29) is 5.82 Å². The Bertz CT molecular complexity index is 881. The summed E-state index contributed by atoms with van der Waals surface area (Å²) in [5, 5.41) is 2.94. The van der Waals surface area contributed by atoms with Crippen LogP contribution in [0.25, 0.3) is 0 Å². The van der Waals surface area contributed by atoms with Gasteiger partial charge in [0, 0.05) is 12.2 Å². The molecule has 0 unspecified atom stereocenters. The summed E-state index contributed by atoms with van der Waals surface area (Å²) in [7, 11) is 0. The summed E-state index contributed by atoms with van der Waals surface area (Å²) in [5.74, 6) is 0.594. The summed E-state index contributed by atoms with van der Waals surface area (Å²) < 4.78 is 13.9. The van der Waals surface area contributed by atoms with Crippen molar-refractivity contribution < 1.29 is 4.39 Å². The molecule has 3 N–H and O–H groups in total. The molecule has 0 fully saturated rings. The minimum absolute atomic E-state index is 0.317. The quantitative estimate of drug-likeness (QED) is 0.722. The van der Waals surface area contributed by atoms with Crippen LogP contribution in [0, 0.1) is 12.7 Å². The first-order chi connectivity index (χ1) is 12.1. The highest BCUT2D eigenvalue weighted by atomic mass is 19.1. The number of hydrogen-bond acceptors (Lipinski definition) is 5. The first-order valence-electron chi connectivity index (χ1n) is 8.06. The van der Waals surface area contributed by atoms with E-state index in [1.165, 1.54) is 12.4 Å². The zero-order valence-corrected chi connectivity index (χ0v) is 14.2. The van der Waals surface area contributed by atoms with Gasteiger partial charge in [-0.05, 0) is 43.7 Å². The topological polar surface area (TPSA) is 67.1 Å². The molecule has 0 spiro atoms. The number of para-hydroxylation sites is 1. The van der Waals surface area contributed by atoms with Gasteiger partial charge in [0.2, 0.25) is 0 Å². The van der Waals surface area contributed by atoms with E-state index < -0.39 is 0 Å². The van der Waals surface area contributed by atoms with Crippen LogP contribution in [0.3, 0.4) is 0 Å². The van der Waals surface area contributed by atoms with Crippen LogP contribution in [0.15, 0.2) is 54.9 Å². The lowest BCUT2D eigenvalue weighted by Crippen LogP contribution is -2.20. The van der Waals surface area contributed by atoms with Crippen molar-refractivity contribution in [2.75, 3.05) is 22.5 Å². The Labute approximate surface area is 146 Å². The molecule has 5 nitrogen and oxygen atoms in total. The molecule has 0 saturated heterocycles. The molecule has 3 aromatic rings. The van der Waals surface area contributed by atoms with E-state index in [1.807, 2.05) is 36.9 Å². The molecule has 0 aliphatic rings. The molecule has 1 heterocycles. The van der Waals surface area contributed by atoms with Crippen molar-refractivity contribution in [3.8, 4) is 0 Å². The Morgan fingerprint density at radius 2 is 1.92 bits per heavy atom. The van der Waals surface area contributed by atoms with E-state index in [1.54, 1.807) is 18.2 Å². The zero-order valence-electron chi connectivity index (χ0n) is 14.2. The van der Waals surface area contributed by atoms with Gasteiger partial charge in [0.05, 0.1) is 5.69 Å². The van der Waals surface area contributed by atoms with Gasteiger partial charge in [-0.3, -0.25) is 0 Å². The van der Waals surface area contributed by atoms with Crippen molar-refractivity contribution in [1.29, 1.82) is 0 Å². The molecular formula is C19H20FN5. The molecule has 3 rings (SSSR count). The fourth-order valence-electron chi connectivity index (χ4n) is 2.64. The van der Waals surface area contributed by atoms with E-state index >= 15 is 0 Å². The van der Waals surface area contributed by atoms with Crippen molar-refractivity contribution in [2.45, 2.75) is 13.8 Å². The number of aromatic nitrogens is 2. The van der Waals surface area contributed by atoms with Crippen LogP contribution in [0.4, 0.5) is 33.1 Å². The second kappa shape index (κ2) is 7.17. The summed E-state index contributed by atoms with van der Waals surface area (Å²) in [6, 6.07) is 14.5. The molecular weight excluding hydrogens is 317 g/mol. The van der Waals surface area contributed by atoms with Crippen LogP contribution in [0.1, 0.15) is 12.5 Å². The zero-order chi connectivity index (χ0) is 17.8. The summed E-state index contributed by atoms with van der Waals surface area (Å²) in [6.07, 6.45) is 1.42. The van der Waals surface area contributed by atoms with Gasteiger partial charge in [0.25, 0.3) is 0 Å². The third kappa shape index (κ3) is 3.52. The second-order valence-electron chi connectivity index (χ2n) is 5.65. The van der Waals surface area contributed by atoms with Gasteiger partial charge >= 0.3 is 0 Å². The number of rotatable bonds is 5. The van der Waals surface area contributed by atoms with E-state index in [0.717, 1.165) is 11.3 Å². The number of nitrogens with two attached hydrogens (primary N) is 1. The maximum atomic E-state index is 13.9. The lowest BCUT2D eigenvalue weighted by atomic mass is 10.2.